The Kier molecular flexibility index (Phi) is 12.2. The monoisotopic (exact) mass is 776 g/mol. The molecule has 0 bridgehead atoms. The molecule has 0 aromatic heterocycles. The Labute approximate surface area is 329 Å². The molecule has 0 unspecified atom stereocenters. The van der Waals surface area contributed by atoms with Crippen molar-refractivity contribution in [3.05, 3.63) is 155 Å². The normalized spacial score (nSPS) is 13.8. The van der Waals surface area contributed by atoms with E-state index in [9.17, 15) is 19.2 Å². The predicted octanol–water partition coefficient (Wildman–Crippen LogP) is 6.57. The maximum atomic E-state index is 11.0. The van der Waals surface area contributed by atoms with E-state index in [1.807, 2.05) is 0 Å². The Morgan fingerprint density at radius 2 is 0.534 bits per heavy atom. The van der Waals surface area contributed by atoms with E-state index in [0.29, 0.717) is 68.3 Å². The zero-order valence-electron chi connectivity index (χ0n) is 30.1. The lowest BCUT2D eigenvalue weighted by Crippen LogP contribution is -2.27. The Balaban J connectivity index is 1.35. The number of aliphatic carboxylic acids is 4. The van der Waals surface area contributed by atoms with Crippen LogP contribution in [0.1, 0.15) is 22.3 Å². The van der Waals surface area contributed by atoms with Gasteiger partial charge < -0.3 is 41.7 Å². The minimum absolute atomic E-state index is 0.145. The molecule has 0 atom stereocenters. The molecule has 0 amide bonds. The second kappa shape index (κ2) is 18.1. The first-order valence-electron chi connectivity index (χ1n) is 17.2. The van der Waals surface area contributed by atoms with Crippen LogP contribution in [0.25, 0.3) is 24.3 Å². The van der Waals surface area contributed by atoms with Gasteiger partial charge in [-0.05, 0) is 95.1 Å². The third-order valence-electron chi connectivity index (χ3n) is 7.89. The summed E-state index contributed by atoms with van der Waals surface area (Å²) in [5, 5.41) is 48.9. The van der Waals surface area contributed by atoms with Gasteiger partial charge in [0.25, 0.3) is 0 Å². The van der Waals surface area contributed by atoms with Crippen LogP contribution in [0.3, 0.4) is 0 Å². The van der Waals surface area contributed by atoms with E-state index in [0.717, 1.165) is 24.3 Å². The molecule has 0 fully saturated rings. The highest BCUT2D eigenvalue weighted by molar-refractivity contribution is 6.51. The molecule has 58 heavy (non-hydrogen) atoms. The second-order valence-corrected chi connectivity index (χ2v) is 12.2. The first-order chi connectivity index (χ1) is 27.9. The van der Waals surface area contributed by atoms with E-state index in [1.54, 1.807) is 97.1 Å². The van der Waals surface area contributed by atoms with Crippen molar-refractivity contribution >= 4 is 94.3 Å². The fourth-order valence-electron chi connectivity index (χ4n) is 5.16. The van der Waals surface area contributed by atoms with Gasteiger partial charge in [0.2, 0.25) is 11.6 Å². The highest BCUT2D eigenvalue weighted by Crippen LogP contribution is 2.25. The minimum atomic E-state index is -1.07. The number of amidine groups is 4. The number of carbonyl (C=O) groups is 4. The van der Waals surface area contributed by atoms with Crippen LogP contribution in [0.15, 0.2) is 153 Å². The average molecular weight is 777 g/mol. The summed E-state index contributed by atoms with van der Waals surface area (Å²) in [6.45, 7) is 0. The summed E-state index contributed by atoms with van der Waals surface area (Å²) >= 11 is 0. The molecule has 4 aromatic carbocycles. The van der Waals surface area contributed by atoms with Gasteiger partial charge >= 0.3 is 23.9 Å². The molecule has 2 aliphatic heterocycles. The highest BCUT2D eigenvalue weighted by Gasteiger charge is 2.26. The SMILES string of the molecule is O=C(O)/C=C/c1ccc(NC2=NC(=C3N=C(Nc4ccc(/C=C/C(=O)O)cc4)C(Nc4ccc(/C=C/C(=O)O)cc4)=N3)N=C2Nc2ccc(/C=C/C(=O)O)cc2)cc1. The number of carboxylic acids is 4. The largest absolute Gasteiger partial charge is 0.478 e. The zero-order valence-corrected chi connectivity index (χ0v) is 30.1. The van der Waals surface area contributed by atoms with Crippen molar-refractivity contribution in [3.8, 4) is 0 Å². The fraction of sp³-hybridized carbons (Fsp3) is 0. The van der Waals surface area contributed by atoms with Crippen molar-refractivity contribution in [1.29, 1.82) is 0 Å². The van der Waals surface area contributed by atoms with E-state index < -0.39 is 23.9 Å². The third-order valence-corrected chi connectivity index (χ3v) is 7.89. The summed E-state index contributed by atoms with van der Waals surface area (Å²) in [6, 6.07) is 27.8. The number of anilines is 4. The molecule has 4 aromatic rings. The summed E-state index contributed by atoms with van der Waals surface area (Å²) in [5.41, 5.74) is 5.14. The number of nitrogens with zero attached hydrogens (tertiary/aromatic N) is 4. The fourth-order valence-corrected chi connectivity index (χ4v) is 5.16. The topological polar surface area (TPSA) is 247 Å². The molecular weight excluding hydrogens is 745 g/mol. The molecule has 2 aliphatic rings. The molecule has 16 heteroatoms. The first-order valence-corrected chi connectivity index (χ1v) is 17.2. The molecule has 0 radical (unpaired) electrons. The molecule has 2 heterocycles. The van der Waals surface area contributed by atoms with Crippen LogP contribution in [0.2, 0.25) is 0 Å². The Morgan fingerprint density at radius 3 is 0.707 bits per heavy atom. The molecule has 288 valence electrons. The summed E-state index contributed by atoms with van der Waals surface area (Å²) < 4.78 is 0. The van der Waals surface area contributed by atoms with Gasteiger partial charge in [-0.25, -0.2) is 39.1 Å². The smallest absolute Gasteiger partial charge is 0.328 e. The van der Waals surface area contributed by atoms with E-state index >= 15 is 0 Å². The van der Waals surface area contributed by atoms with Gasteiger partial charge in [-0.15, -0.1) is 0 Å². The van der Waals surface area contributed by atoms with Crippen LogP contribution in [0.5, 0.6) is 0 Å². The number of hydrogen-bond acceptors (Lipinski definition) is 12. The number of carboxylic acid groups (broad SMARTS) is 4. The standard InChI is InChI=1S/C42H32N8O8/c51-33(52)21-9-25-1-13-29(14-2-25)43-37-38(44-30-15-3-26(4-16-30)10-22-34(53)54)48-41(47-37)42-49-39(45-31-17-5-27(6-18-31)11-23-35(55)56)40(50-42)46-32-19-7-28(8-20-32)12-24-36(57)58/h1-24H,(H,43,47)(H,44,48)(H,45,49)(H,46,50)(H,51,52)(H,53,54)(H,55,56)(H,57,58)/b21-9+,22-10+,23-11+,24-12+. The van der Waals surface area contributed by atoms with Crippen LogP contribution in [-0.2, 0) is 19.2 Å². The average Bonchev–Trinajstić information content (AvgIpc) is 3.79. The van der Waals surface area contributed by atoms with Gasteiger partial charge in [0.15, 0.2) is 23.3 Å². The first kappa shape index (κ1) is 39.0. The van der Waals surface area contributed by atoms with Crippen molar-refractivity contribution in [3.63, 3.8) is 0 Å². The molecular formula is C42H32N8O8. The Bertz CT molecular complexity index is 2180. The molecule has 0 saturated carbocycles. The number of nitrogens with one attached hydrogen (secondary N) is 4. The van der Waals surface area contributed by atoms with Crippen molar-refractivity contribution in [2.24, 2.45) is 20.0 Å². The lowest BCUT2D eigenvalue weighted by Gasteiger charge is -2.11. The highest BCUT2D eigenvalue weighted by atomic mass is 16.4. The van der Waals surface area contributed by atoms with E-state index in [1.165, 1.54) is 24.3 Å². The predicted molar refractivity (Wildman–Crippen MR) is 224 cm³/mol. The van der Waals surface area contributed by atoms with E-state index in [-0.39, 0.29) is 11.6 Å². The van der Waals surface area contributed by atoms with E-state index in [2.05, 4.69) is 21.3 Å². The van der Waals surface area contributed by atoms with Gasteiger partial charge in [0, 0.05) is 47.1 Å². The van der Waals surface area contributed by atoms with Crippen LogP contribution in [0, 0.1) is 0 Å². The summed E-state index contributed by atoms with van der Waals surface area (Å²) in [4.78, 5) is 62.8. The van der Waals surface area contributed by atoms with Gasteiger partial charge in [-0.1, -0.05) is 48.5 Å². The number of aliphatic imine (C=N–C) groups is 4. The zero-order chi connectivity index (χ0) is 41.0. The lowest BCUT2D eigenvalue weighted by molar-refractivity contribution is -0.132. The molecule has 0 spiro atoms. The summed E-state index contributed by atoms with van der Waals surface area (Å²) in [7, 11) is 0. The Morgan fingerprint density at radius 1 is 0.345 bits per heavy atom. The molecule has 8 N–H and O–H groups in total. The maximum absolute atomic E-state index is 11.0. The van der Waals surface area contributed by atoms with E-state index in [4.69, 9.17) is 40.4 Å². The van der Waals surface area contributed by atoms with Crippen LogP contribution in [0.4, 0.5) is 22.7 Å². The molecule has 6 rings (SSSR count). The molecule has 16 nitrogen and oxygen atoms in total. The number of rotatable bonds is 12. The molecule has 0 aliphatic carbocycles. The Hall–Kier alpha value is -8.66. The van der Waals surface area contributed by atoms with Crippen molar-refractivity contribution in [1.82, 2.24) is 0 Å². The van der Waals surface area contributed by atoms with Crippen LogP contribution in [-0.4, -0.2) is 67.6 Å². The minimum Gasteiger partial charge on any atom is -0.478 e. The molecule has 0 saturated heterocycles. The van der Waals surface area contributed by atoms with Crippen LogP contribution >= 0.6 is 0 Å². The van der Waals surface area contributed by atoms with Gasteiger partial charge in [0.05, 0.1) is 0 Å². The van der Waals surface area contributed by atoms with Crippen molar-refractivity contribution < 1.29 is 39.6 Å². The third kappa shape index (κ3) is 11.2. The van der Waals surface area contributed by atoms with Crippen molar-refractivity contribution in [2.45, 2.75) is 0 Å². The quantitative estimate of drug-likeness (QED) is 0.0712. The lowest BCUT2D eigenvalue weighted by atomic mass is 10.2. The number of hydrogen-bond donors (Lipinski definition) is 8. The number of benzene rings is 4. The second-order valence-electron chi connectivity index (χ2n) is 12.2. The summed E-state index contributed by atoms with van der Waals surface area (Å²) in [5.74, 6) is -2.75. The maximum Gasteiger partial charge on any atom is 0.328 e. The van der Waals surface area contributed by atoms with Crippen molar-refractivity contribution in [2.75, 3.05) is 21.3 Å². The van der Waals surface area contributed by atoms with Crippen LogP contribution < -0.4 is 21.3 Å². The van der Waals surface area contributed by atoms with Gasteiger partial charge in [0.1, 0.15) is 0 Å². The van der Waals surface area contributed by atoms with Gasteiger partial charge in [-0.3, -0.25) is 0 Å². The summed E-state index contributed by atoms with van der Waals surface area (Å²) in [6.07, 6.45) is 10.0. The van der Waals surface area contributed by atoms with Gasteiger partial charge in [-0.2, -0.15) is 0 Å².